The highest BCUT2D eigenvalue weighted by molar-refractivity contribution is 5.79. The van der Waals surface area contributed by atoms with Gasteiger partial charge in [-0.15, -0.1) is 0 Å². The van der Waals surface area contributed by atoms with E-state index >= 15 is 0 Å². The monoisotopic (exact) mass is 226 g/mol. The van der Waals surface area contributed by atoms with E-state index in [-0.39, 0.29) is 17.0 Å². The van der Waals surface area contributed by atoms with Crippen molar-refractivity contribution >= 4 is 5.91 Å². The van der Waals surface area contributed by atoms with Crippen molar-refractivity contribution < 1.29 is 4.79 Å². The molecule has 1 heterocycles. The van der Waals surface area contributed by atoms with Crippen LogP contribution in [0.1, 0.15) is 48.0 Å². The summed E-state index contributed by atoms with van der Waals surface area (Å²) in [4.78, 5) is 16.5. The molecular formula is C13H26N2O. The number of hydrogen-bond acceptors (Lipinski definition) is 2. The van der Waals surface area contributed by atoms with Crippen molar-refractivity contribution in [3.05, 3.63) is 0 Å². The maximum absolute atomic E-state index is 12.2. The van der Waals surface area contributed by atoms with Crippen LogP contribution in [0.25, 0.3) is 0 Å². The van der Waals surface area contributed by atoms with Crippen LogP contribution in [-0.2, 0) is 4.79 Å². The van der Waals surface area contributed by atoms with Gasteiger partial charge in [0.2, 0.25) is 5.91 Å². The molecule has 0 bridgehead atoms. The van der Waals surface area contributed by atoms with Crippen molar-refractivity contribution in [2.24, 2.45) is 0 Å². The van der Waals surface area contributed by atoms with E-state index in [2.05, 4.69) is 46.4 Å². The summed E-state index contributed by atoms with van der Waals surface area (Å²) in [6, 6.07) is 0. The Labute approximate surface area is 99.8 Å². The molecule has 0 aliphatic carbocycles. The molecule has 0 atom stereocenters. The van der Waals surface area contributed by atoms with E-state index in [0.717, 1.165) is 19.5 Å². The SMILES string of the molecule is CC(C)(C)N1CCCN(C(C)(C)C)C(=O)C1. The standard InChI is InChI=1S/C13H26N2O/c1-12(2,3)14-8-7-9-15(11(16)10-14)13(4,5)6/h7-10H2,1-6H3. The van der Waals surface area contributed by atoms with Gasteiger partial charge >= 0.3 is 0 Å². The van der Waals surface area contributed by atoms with Crippen LogP contribution in [0.3, 0.4) is 0 Å². The molecule has 94 valence electrons. The van der Waals surface area contributed by atoms with E-state index in [1.54, 1.807) is 0 Å². The third-order valence-corrected chi connectivity index (χ3v) is 3.20. The Morgan fingerprint density at radius 1 is 0.938 bits per heavy atom. The summed E-state index contributed by atoms with van der Waals surface area (Å²) in [5, 5.41) is 0. The Bertz CT molecular complexity index is 260. The summed E-state index contributed by atoms with van der Waals surface area (Å²) < 4.78 is 0. The summed E-state index contributed by atoms with van der Waals surface area (Å²) in [5.41, 5.74) is 0.0362. The quantitative estimate of drug-likeness (QED) is 0.631. The first-order chi connectivity index (χ1) is 7.12. The zero-order valence-electron chi connectivity index (χ0n) is 11.6. The lowest BCUT2D eigenvalue weighted by Gasteiger charge is -2.36. The molecule has 0 N–H and O–H groups in total. The molecular weight excluding hydrogens is 200 g/mol. The minimum atomic E-state index is -0.0506. The van der Waals surface area contributed by atoms with Gasteiger partial charge < -0.3 is 4.90 Å². The minimum absolute atomic E-state index is 0.0506. The lowest BCUT2D eigenvalue weighted by atomic mass is 10.1. The van der Waals surface area contributed by atoms with Gasteiger partial charge in [0.05, 0.1) is 6.54 Å². The summed E-state index contributed by atoms with van der Waals surface area (Å²) in [6.07, 6.45) is 1.07. The molecule has 1 saturated heterocycles. The topological polar surface area (TPSA) is 23.6 Å². The van der Waals surface area contributed by atoms with Crippen LogP contribution < -0.4 is 0 Å². The molecule has 0 spiro atoms. The van der Waals surface area contributed by atoms with E-state index < -0.39 is 0 Å². The van der Waals surface area contributed by atoms with Crippen molar-refractivity contribution in [1.29, 1.82) is 0 Å². The maximum Gasteiger partial charge on any atom is 0.237 e. The Hall–Kier alpha value is -0.570. The van der Waals surface area contributed by atoms with E-state index in [1.807, 2.05) is 4.90 Å². The van der Waals surface area contributed by atoms with Gasteiger partial charge in [0, 0.05) is 24.2 Å². The molecule has 0 aromatic rings. The molecule has 3 nitrogen and oxygen atoms in total. The van der Waals surface area contributed by atoms with Gasteiger partial charge in [0.1, 0.15) is 0 Å². The number of carbonyl (C=O) groups is 1. The van der Waals surface area contributed by atoms with Crippen LogP contribution >= 0.6 is 0 Å². The normalized spacial score (nSPS) is 21.1. The predicted molar refractivity (Wildman–Crippen MR) is 67.4 cm³/mol. The number of nitrogens with zero attached hydrogens (tertiary/aromatic N) is 2. The molecule has 16 heavy (non-hydrogen) atoms. The van der Waals surface area contributed by atoms with Crippen molar-refractivity contribution in [1.82, 2.24) is 9.80 Å². The van der Waals surface area contributed by atoms with Crippen LogP contribution in [0.15, 0.2) is 0 Å². The summed E-state index contributed by atoms with van der Waals surface area (Å²) in [6.45, 7) is 15.3. The molecule has 0 aromatic heterocycles. The van der Waals surface area contributed by atoms with Crippen LogP contribution in [0, 0.1) is 0 Å². The highest BCUT2D eigenvalue weighted by Crippen LogP contribution is 2.21. The van der Waals surface area contributed by atoms with Crippen molar-refractivity contribution in [3.8, 4) is 0 Å². The summed E-state index contributed by atoms with van der Waals surface area (Å²) in [5.74, 6) is 0.264. The van der Waals surface area contributed by atoms with Crippen LogP contribution in [0.4, 0.5) is 0 Å². The van der Waals surface area contributed by atoms with Crippen molar-refractivity contribution in [2.45, 2.75) is 59.0 Å². The highest BCUT2D eigenvalue weighted by Gasteiger charge is 2.32. The second kappa shape index (κ2) is 4.36. The third kappa shape index (κ3) is 3.21. The smallest absolute Gasteiger partial charge is 0.237 e. The lowest BCUT2D eigenvalue weighted by molar-refractivity contribution is -0.136. The number of hydrogen-bond donors (Lipinski definition) is 0. The third-order valence-electron chi connectivity index (χ3n) is 3.20. The molecule has 1 amide bonds. The zero-order chi connectivity index (χ0) is 12.6. The van der Waals surface area contributed by atoms with E-state index in [9.17, 15) is 4.79 Å². The Morgan fingerprint density at radius 3 is 1.94 bits per heavy atom. The highest BCUT2D eigenvalue weighted by atomic mass is 16.2. The molecule has 1 rings (SSSR count). The first-order valence-electron chi connectivity index (χ1n) is 6.18. The fraction of sp³-hybridized carbons (Fsp3) is 0.923. The molecule has 0 saturated carbocycles. The fourth-order valence-electron chi connectivity index (χ4n) is 2.15. The Balaban J connectivity index is 2.78. The van der Waals surface area contributed by atoms with E-state index in [1.165, 1.54) is 0 Å². The van der Waals surface area contributed by atoms with Crippen molar-refractivity contribution in [2.75, 3.05) is 19.6 Å². The molecule has 1 aliphatic heterocycles. The molecule has 3 heteroatoms. The second-order valence-corrected chi connectivity index (χ2v) is 6.66. The molecule has 0 unspecified atom stereocenters. The second-order valence-electron chi connectivity index (χ2n) is 6.66. The maximum atomic E-state index is 12.2. The van der Waals surface area contributed by atoms with Crippen LogP contribution in [-0.4, -0.2) is 46.4 Å². The fourth-order valence-corrected chi connectivity index (χ4v) is 2.15. The van der Waals surface area contributed by atoms with Gasteiger partial charge in [-0.1, -0.05) is 0 Å². The van der Waals surface area contributed by atoms with Crippen LogP contribution in [0.2, 0.25) is 0 Å². The van der Waals surface area contributed by atoms with Crippen molar-refractivity contribution in [3.63, 3.8) is 0 Å². The average molecular weight is 226 g/mol. The predicted octanol–water partition coefficient (Wildman–Crippen LogP) is 2.12. The summed E-state index contributed by atoms with van der Waals surface area (Å²) in [7, 11) is 0. The van der Waals surface area contributed by atoms with Gasteiger partial charge in [-0.3, -0.25) is 9.69 Å². The van der Waals surface area contributed by atoms with Gasteiger partial charge in [-0.25, -0.2) is 0 Å². The average Bonchev–Trinajstić information content (AvgIpc) is 2.23. The number of rotatable bonds is 0. The Kier molecular flexibility index (Phi) is 3.68. The lowest BCUT2D eigenvalue weighted by Crippen LogP contribution is -2.50. The Morgan fingerprint density at radius 2 is 1.50 bits per heavy atom. The first kappa shape index (κ1) is 13.5. The van der Waals surface area contributed by atoms with Gasteiger partial charge in [-0.05, 0) is 48.0 Å². The van der Waals surface area contributed by atoms with Gasteiger partial charge in [-0.2, -0.15) is 0 Å². The molecule has 1 aliphatic rings. The largest absolute Gasteiger partial charge is 0.337 e. The van der Waals surface area contributed by atoms with E-state index in [0.29, 0.717) is 6.54 Å². The molecule has 0 radical (unpaired) electrons. The zero-order valence-corrected chi connectivity index (χ0v) is 11.6. The molecule has 0 aromatic carbocycles. The summed E-state index contributed by atoms with van der Waals surface area (Å²) >= 11 is 0. The van der Waals surface area contributed by atoms with E-state index in [4.69, 9.17) is 0 Å². The van der Waals surface area contributed by atoms with Gasteiger partial charge in [0.15, 0.2) is 0 Å². The van der Waals surface area contributed by atoms with Crippen LogP contribution in [0.5, 0.6) is 0 Å². The number of amides is 1. The molecule has 1 fully saturated rings. The first-order valence-corrected chi connectivity index (χ1v) is 6.18. The van der Waals surface area contributed by atoms with Gasteiger partial charge in [0.25, 0.3) is 0 Å². The minimum Gasteiger partial charge on any atom is -0.337 e. The number of carbonyl (C=O) groups excluding carboxylic acids is 1.